The van der Waals surface area contributed by atoms with E-state index in [1.807, 2.05) is 19.1 Å². The smallest absolute Gasteiger partial charge is 0.389 e. The van der Waals surface area contributed by atoms with Crippen LogP contribution in [0.15, 0.2) is 18.2 Å². The molecule has 0 N–H and O–H groups in total. The molecule has 5 heteroatoms. The van der Waals surface area contributed by atoms with Crippen molar-refractivity contribution in [3.05, 3.63) is 29.3 Å². The molecule has 0 fully saturated rings. The van der Waals surface area contributed by atoms with Crippen molar-refractivity contribution >= 4 is 11.6 Å². The minimum Gasteiger partial charge on any atom is -0.493 e. The number of ether oxygens (including phenoxy) is 1. The van der Waals surface area contributed by atoms with Gasteiger partial charge in [0.15, 0.2) is 0 Å². The van der Waals surface area contributed by atoms with Crippen LogP contribution >= 0.6 is 11.6 Å². The van der Waals surface area contributed by atoms with Crippen LogP contribution in [-0.4, -0.2) is 12.8 Å². The van der Waals surface area contributed by atoms with Crippen molar-refractivity contribution in [3.63, 3.8) is 0 Å². The predicted molar refractivity (Wildman–Crippen MR) is 61.5 cm³/mol. The Balaban J connectivity index is 2.52. The summed E-state index contributed by atoms with van der Waals surface area (Å²) in [7, 11) is 0. The second-order valence-electron chi connectivity index (χ2n) is 3.76. The van der Waals surface area contributed by atoms with Gasteiger partial charge < -0.3 is 4.74 Å². The van der Waals surface area contributed by atoms with Gasteiger partial charge in [0.05, 0.1) is 12.5 Å². The SMILES string of the molecule is Cc1cccc(CCl)c1OCCCC(F)(F)F. The lowest BCUT2D eigenvalue weighted by molar-refractivity contribution is -0.136. The summed E-state index contributed by atoms with van der Waals surface area (Å²) in [5.41, 5.74) is 1.69. The Morgan fingerprint density at radius 1 is 1.29 bits per heavy atom. The van der Waals surface area contributed by atoms with Crippen LogP contribution in [0.25, 0.3) is 0 Å². The van der Waals surface area contributed by atoms with Crippen molar-refractivity contribution in [2.24, 2.45) is 0 Å². The molecule has 0 spiro atoms. The Morgan fingerprint density at radius 2 is 2.00 bits per heavy atom. The van der Waals surface area contributed by atoms with Gasteiger partial charge in [-0.2, -0.15) is 13.2 Å². The molecular formula is C12H14ClF3O. The minimum absolute atomic E-state index is 0.0421. The fourth-order valence-corrected chi connectivity index (χ4v) is 1.68. The van der Waals surface area contributed by atoms with Gasteiger partial charge in [-0.25, -0.2) is 0 Å². The molecule has 1 nitrogen and oxygen atoms in total. The summed E-state index contributed by atoms with van der Waals surface area (Å²) in [6, 6.07) is 5.49. The van der Waals surface area contributed by atoms with E-state index in [0.29, 0.717) is 5.75 Å². The third-order valence-electron chi connectivity index (χ3n) is 2.29. The molecule has 0 unspecified atom stereocenters. The van der Waals surface area contributed by atoms with Crippen LogP contribution in [0.4, 0.5) is 13.2 Å². The van der Waals surface area contributed by atoms with E-state index in [1.54, 1.807) is 6.07 Å². The zero-order valence-corrected chi connectivity index (χ0v) is 10.2. The molecule has 0 aromatic heterocycles. The lowest BCUT2D eigenvalue weighted by Crippen LogP contribution is -2.10. The molecule has 0 aliphatic heterocycles. The van der Waals surface area contributed by atoms with Crippen LogP contribution in [0.5, 0.6) is 5.75 Å². The highest BCUT2D eigenvalue weighted by molar-refractivity contribution is 6.17. The highest BCUT2D eigenvalue weighted by Crippen LogP contribution is 2.26. The molecule has 0 aliphatic rings. The van der Waals surface area contributed by atoms with Crippen LogP contribution in [0, 0.1) is 6.92 Å². The van der Waals surface area contributed by atoms with Gasteiger partial charge in [-0.15, -0.1) is 11.6 Å². The number of halogens is 4. The summed E-state index contributed by atoms with van der Waals surface area (Å²) in [5.74, 6) is 0.890. The highest BCUT2D eigenvalue weighted by atomic mass is 35.5. The van der Waals surface area contributed by atoms with E-state index < -0.39 is 12.6 Å². The van der Waals surface area contributed by atoms with Gasteiger partial charge in [-0.3, -0.25) is 0 Å². The van der Waals surface area contributed by atoms with Crippen molar-refractivity contribution in [1.82, 2.24) is 0 Å². The minimum atomic E-state index is -4.12. The van der Waals surface area contributed by atoms with Gasteiger partial charge in [-0.1, -0.05) is 18.2 Å². The molecule has 0 bridgehead atoms. The van der Waals surface area contributed by atoms with Crippen molar-refractivity contribution in [2.75, 3.05) is 6.61 Å². The molecule has 0 radical (unpaired) electrons. The zero-order valence-electron chi connectivity index (χ0n) is 9.48. The average Bonchev–Trinajstić information content (AvgIpc) is 2.24. The fourth-order valence-electron chi connectivity index (χ4n) is 1.47. The van der Waals surface area contributed by atoms with E-state index in [0.717, 1.165) is 11.1 Å². The molecule has 1 rings (SSSR count). The number of rotatable bonds is 5. The van der Waals surface area contributed by atoms with Gasteiger partial charge in [-0.05, 0) is 18.9 Å². The molecule has 0 saturated heterocycles. The lowest BCUT2D eigenvalue weighted by atomic mass is 10.1. The number of para-hydroxylation sites is 1. The third kappa shape index (κ3) is 4.86. The number of benzene rings is 1. The molecule has 0 amide bonds. The van der Waals surface area contributed by atoms with E-state index >= 15 is 0 Å². The normalized spacial score (nSPS) is 11.6. The first-order chi connectivity index (χ1) is 7.94. The maximum Gasteiger partial charge on any atom is 0.389 e. The van der Waals surface area contributed by atoms with Crippen LogP contribution < -0.4 is 4.74 Å². The summed E-state index contributed by atoms with van der Waals surface area (Å²) >= 11 is 5.73. The standard InChI is InChI=1S/C12H14ClF3O/c1-9-4-2-5-10(8-13)11(9)17-7-3-6-12(14,15)16/h2,4-5H,3,6-8H2,1H3. The van der Waals surface area contributed by atoms with Crippen molar-refractivity contribution < 1.29 is 17.9 Å². The topological polar surface area (TPSA) is 9.23 Å². The summed E-state index contributed by atoms with van der Waals surface area (Å²) in [6.45, 7) is 1.89. The molecule has 0 aliphatic carbocycles. The van der Waals surface area contributed by atoms with Gasteiger partial charge in [0, 0.05) is 12.0 Å². The average molecular weight is 267 g/mol. The Labute approximate surface area is 104 Å². The largest absolute Gasteiger partial charge is 0.493 e. The van der Waals surface area contributed by atoms with E-state index in [1.165, 1.54) is 0 Å². The monoisotopic (exact) mass is 266 g/mol. The molecule has 96 valence electrons. The van der Waals surface area contributed by atoms with Gasteiger partial charge in [0.25, 0.3) is 0 Å². The summed E-state index contributed by atoms with van der Waals surface area (Å²) in [5, 5.41) is 0. The molecule has 0 heterocycles. The van der Waals surface area contributed by atoms with Gasteiger partial charge in [0.2, 0.25) is 0 Å². The molecule has 1 aromatic carbocycles. The number of alkyl halides is 4. The molecule has 0 atom stereocenters. The van der Waals surface area contributed by atoms with E-state index in [-0.39, 0.29) is 18.9 Å². The summed E-state index contributed by atoms with van der Waals surface area (Å²) < 4.78 is 41.2. The number of hydrogen-bond acceptors (Lipinski definition) is 1. The first-order valence-corrected chi connectivity index (χ1v) is 5.81. The predicted octanol–water partition coefficient (Wildman–Crippen LogP) is 4.46. The van der Waals surface area contributed by atoms with Crippen molar-refractivity contribution in [2.45, 2.75) is 31.8 Å². The molecule has 1 aromatic rings. The van der Waals surface area contributed by atoms with Crippen molar-refractivity contribution in [3.8, 4) is 5.75 Å². The lowest BCUT2D eigenvalue weighted by Gasteiger charge is -2.13. The van der Waals surface area contributed by atoms with Crippen LogP contribution in [0.3, 0.4) is 0 Å². The van der Waals surface area contributed by atoms with E-state index in [4.69, 9.17) is 16.3 Å². The Bertz CT molecular complexity index is 363. The second-order valence-corrected chi connectivity index (χ2v) is 4.03. The second kappa shape index (κ2) is 6.15. The Kier molecular flexibility index (Phi) is 5.12. The van der Waals surface area contributed by atoms with E-state index in [2.05, 4.69) is 0 Å². The first kappa shape index (κ1) is 14.2. The van der Waals surface area contributed by atoms with E-state index in [9.17, 15) is 13.2 Å². The van der Waals surface area contributed by atoms with Gasteiger partial charge in [0.1, 0.15) is 5.75 Å². The zero-order chi connectivity index (χ0) is 12.9. The Morgan fingerprint density at radius 3 is 2.59 bits per heavy atom. The maximum atomic E-state index is 11.9. The summed E-state index contributed by atoms with van der Waals surface area (Å²) in [4.78, 5) is 0. The maximum absolute atomic E-state index is 11.9. The third-order valence-corrected chi connectivity index (χ3v) is 2.58. The highest BCUT2D eigenvalue weighted by Gasteiger charge is 2.26. The molecule has 17 heavy (non-hydrogen) atoms. The summed E-state index contributed by atoms with van der Waals surface area (Å²) in [6.07, 6.45) is -4.99. The van der Waals surface area contributed by atoms with Crippen molar-refractivity contribution in [1.29, 1.82) is 0 Å². The Hall–Kier alpha value is -0.900. The molecule has 0 saturated carbocycles. The number of aryl methyl sites for hydroxylation is 1. The molecular weight excluding hydrogens is 253 g/mol. The van der Waals surface area contributed by atoms with Crippen LogP contribution in [0.1, 0.15) is 24.0 Å². The van der Waals surface area contributed by atoms with Gasteiger partial charge >= 0.3 is 6.18 Å². The quantitative estimate of drug-likeness (QED) is 0.565. The first-order valence-electron chi connectivity index (χ1n) is 5.28. The number of hydrogen-bond donors (Lipinski definition) is 0. The van der Waals surface area contributed by atoms with Crippen LogP contribution in [0.2, 0.25) is 0 Å². The van der Waals surface area contributed by atoms with Crippen LogP contribution in [-0.2, 0) is 5.88 Å². The fraction of sp³-hybridized carbons (Fsp3) is 0.500.